The molecule has 92 valence electrons. The van der Waals surface area contributed by atoms with Crippen LogP contribution in [0.15, 0.2) is 22.7 Å². The molecule has 1 heterocycles. The quantitative estimate of drug-likeness (QED) is 0.733. The van der Waals surface area contributed by atoms with Gasteiger partial charge in [0.25, 0.3) is 0 Å². The monoisotopic (exact) mass is 296 g/mol. The van der Waals surface area contributed by atoms with Gasteiger partial charge in [0, 0.05) is 36.7 Å². The molecule has 0 unspecified atom stereocenters. The van der Waals surface area contributed by atoms with Gasteiger partial charge in [-0.1, -0.05) is 15.9 Å². The third kappa shape index (κ3) is 2.87. The molecule has 2 rings (SSSR count). The summed E-state index contributed by atoms with van der Waals surface area (Å²) in [5.74, 6) is 0.183. The fourth-order valence-corrected chi connectivity index (χ4v) is 2.50. The number of amides is 1. The van der Waals surface area contributed by atoms with Crippen LogP contribution in [0.25, 0.3) is 0 Å². The van der Waals surface area contributed by atoms with Gasteiger partial charge in [0.2, 0.25) is 5.91 Å². The topological polar surface area (TPSA) is 23.6 Å². The largest absolute Gasteiger partial charge is 0.315 e. The van der Waals surface area contributed by atoms with E-state index in [0.717, 1.165) is 29.7 Å². The van der Waals surface area contributed by atoms with Gasteiger partial charge in [-0.2, -0.15) is 0 Å². The van der Waals surface area contributed by atoms with Gasteiger partial charge in [-0.15, -0.1) is 0 Å². The molecule has 0 saturated heterocycles. The lowest BCUT2D eigenvalue weighted by molar-refractivity contribution is -0.118. The number of hydrogen-bond acceptors (Lipinski definition) is 2. The maximum absolute atomic E-state index is 12.0. The molecule has 0 N–H and O–H groups in total. The SMILES string of the molecule is CN1CCC(=O)N(C)c2ccc(Br)cc2CC1. The second-order valence-corrected chi connectivity index (χ2v) is 5.44. The normalized spacial score (nSPS) is 18.3. The van der Waals surface area contributed by atoms with Crippen LogP contribution < -0.4 is 4.90 Å². The maximum Gasteiger partial charge on any atom is 0.228 e. The lowest BCUT2D eigenvalue weighted by atomic mass is 10.1. The molecule has 3 nitrogen and oxygen atoms in total. The van der Waals surface area contributed by atoms with Crippen molar-refractivity contribution in [1.29, 1.82) is 0 Å². The van der Waals surface area contributed by atoms with Crippen molar-refractivity contribution >= 4 is 27.5 Å². The minimum atomic E-state index is 0.183. The van der Waals surface area contributed by atoms with E-state index in [9.17, 15) is 4.79 Å². The van der Waals surface area contributed by atoms with Crippen LogP contribution in [-0.2, 0) is 11.2 Å². The Bertz CT molecular complexity index is 433. The Morgan fingerprint density at radius 3 is 2.65 bits per heavy atom. The number of likely N-dealkylation sites (N-methyl/N-ethyl adjacent to an activating group) is 1. The summed E-state index contributed by atoms with van der Waals surface area (Å²) in [5, 5.41) is 0. The van der Waals surface area contributed by atoms with Crippen LogP contribution in [0.1, 0.15) is 12.0 Å². The zero-order chi connectivity index (χ0) is 12.4. The van der Waals surface area contributed by atoms with Crippen LogP contribution in [0.5, 0.6) is 0 Å². The molecule has 4 heteroatoms. The number of anilines is 1. The fourth-order valence-electron chi connectivity index (χ4n) is 2.09. The van der Waals surface area contributed by atoms with E-state index in [4.69, 9.17) is 0 Å². The molecular formula is C13H17BrN2O. The van der Waals surface area contributed by atoms with Crippen LogP contribution in [0, 0.1) is 0 Å². The third-order valence-corrected chi connectivity index (χ3v) is 3.74. The lowest BCUT2D eigenvalue weighted by Crippen LogP contribution is -2.29. The minimum Gasteiger partial charge on any atom is -0.315 e. The van der Waals surface area contributed by atoms with Crippen molar-refractivity contribution in [2.24, 2.45) is 0 Å². The van der Waals surface area contributed by atoms with Crippen molar-refractivity contribution in [2.75, 3.05) is 32.1 Å². The van der Waals surface area contributed by atoms with Crippen molar-refractivity contribution in [3.8, 4) is 0 Å². The lowest BCUT2D eigenvalue weighted by Gasteiger charge is -2.19. The molecule has 0 spiro atoms. The number of halogens is 1. The van der Waals surface area contributed by atoms with Gasteiger partial charge in [0.15, 0.2) is 0 Å². The number of hydrogen-bond donors (Lipinski definition) is 0. The molecule has 1 aliphatic rings. The first-order valence-electron chi connectivity index (χ1n) is 5.81. The summed E-state index contributed by atoms with van der Waals surface area (Å²) in [7, 11) is 3.93. The first-order chi connectivity index (χ1) is 8.08. The highest BCUT2D eigenvalue weighted by Gasteiger charge is 2.17. The second kappa shape index (κ2) is 5.19. The molecule has 1 aromatic carbocycles. The van der Waals surface area contributed by atoms with Crippen LogP contribution in [0.4, 0.5) is 5.69 Å². The Kier molecular flexibility index (Phi) is 3.84. The van der Waals surface area contributed by atoms with Gasteiger partial charge >= 0.3 is 0 Å². The number of nitrogens with zero attached hydrogens (tertiary/aromatic N) is 2. The van der Waals surface area contributed by atoms with Gasteiger partial charge in [0.1, 0.15) is 0 Å². The molecule has 0 aromatic heterocycles. The highest BCUT2D eigenvalue weighted by molar-refractivity contribution is 9.10. The van der Waals surface area contributed by atoms with E-state index in [-0.39, 0.29) is 5.91 Å². The number of carbonyl (C=O) groups excluding carboxylic acids is 1. The van der Waals surface area contributed by atoms with Crippen molar-refractivity contribution in [2.45, 2.75) is 12.8 Å². The average Bonchev–Trinajstić information content (AvgIpc) is 2.36. The Hall–Kier alpha value is -0.870. The summed E-state index contributed by atoms with van der Waals surface area (Å²) in [4.78, 5) is 16.0. The molecule has 1 amide bonds. The zero-order valence-corrected chi connectivity index (χ0v) is 11.8. The van der Waals surface area contributed by atoms with Gasteiger partial charge in [-0.25, -0.2) is 0 Å². The minimum absolute atomic E-state index is 0.183. The third-order valence-electron chi connectivity index (χ3n) is 3.25. The molecular weight excluding hydrogens is 280 g/mol. The van der Waals surface area contributed by atoms with E-state index in [1.165, 1.54) is 5.56 Å². The predicted octanol–water partition coefficient (Wildman–Crippen LogP) is 2.29. The molecule has 17 heavy (non-hydrogen) atoms. The summed E-state index contributed by atoms with van der Waals surface area (Å²) in [6, 6.07) is 6.12. The van der Waals surface area contributed by atoms with Gasteiger partial charge in [0.05, 0.1) is 0 Å². The van der Waals surface area contributed by atoms with E-state index in [1.54, 1.807) is 4.90 Å². The van der Waals surface area contributed by atoms with E-state index in [0.29, 0.717) is 6.42 Å². The van der Waals surface area contributed by atoms with Crippen LogP contribution in [-0.4, -0.2) is 38.0 Å². The highest BCUT2D eigenvalue weighted by atomic mass is 79.9. The molecule has 1 aromatic rings. The van der Waals surface area contributed by atoms with E-state index >= 15 is 0 Å². The van der Waals surface area contributed by atoms with Gasteiger partial charge in [-0.05, 0) is 37.2 Å². The standard InChI is InChI=1S/C13H17BrN2O/c1-15-7-5-10-9-11(14)3-4-12(10)16(2)13(17)6-8-15/h3-4,9H,5-8H2,1-2H3. The average molecular weight is 297 g/mol. The summed E-state index contributed by atoms with van der Waals surface area (Å²) >= 11 is 3.49. The summed E-state index contributed by atoms with van der Waals surface area (Å²) in [6.45, 7) is 1.82. The van der Waals surface area contributed by atoms with Gasteiger partial charge in [-0.3, -0.25) is 4.79 Å². The van der Waals surface area contributed by atoms with E-state index in [1.807, 2.05) is 19.2 Å². The number of benzene rings is 1. The summed E-state index contributed by atoms with van der Waals surface area (Å²) < 4.78 is 1.07. The number of rotatable bonds is 0. The Labute approximate surface area is 111 Å². The predicted molar refractivity (Wildman–Crippen MR) is 73.4 cm³/mol. The molecule has 0 radical (unpaired) electrons. The van der Waals surface area contributed by atoms with E-state index in [2.05, 4.69) is 33.9 Å². The van der Waals surface area contributed by atoms with Crippen molar-refractivity contribution in [3.05, 3.63) is 28.2 Å². The van der Waals surface area contributed by atoms with Crippen molar-refractivity contribution in [3.63, 3.8) is 0 Å². The smallest absolute Gasteiger partial charge is 0.228 e. The molecule has 0 atom stereocenters. The molecule has 0 saturated carbocycles. The zero-order valence-electron chi connectivity index (χ0n) is 10.2. The first-order valence-corrected chi connectivity index (χ1v) is 6.61. The number of carbonyl (C=O) groups is 1. The molecule has 1 aliphatic heterocycles. The molecule has 0 aliphatic carbocycles. The second-order valence-electron chi connectivity index (χ2n) is 4.53. The van der Waals surface area contributed by atoms with Gasteiger partial charge < -0.3 is 9.80 Å². The maximum atomic E-state index is 12.0. The summed E-state index contributed by atoms with van der Waals surface area (Å²) in [6.07, 6.45) is 1.56. The molecule has 0 fully saturated rings. The van der Waals surface area contributed by atoms with Crippen molar-refractivity contribution in [1.82, 2.24) is 4.90 Å². The summed E-state index contributed by atoms with van der Waals surface area (Å²) in [5.41, 5.74) is 2.26. The fraction of sp³-hybridized carbons (Fsp3) is 0.462. The Morgan fingerprint density at radius 2 is 1.88 bits per heavy atom. The van der Waals surface area contributed by atoms with E-state index < -0.39 is 0 Å². The van der Waals surface area contributed by atoms with Crippen molar-refractivity contribution < 1.29 is 4.79 Å². The number of fused-ring (bicyclic) bond motifs is 1. The van der Waals surface area contributed by atoms with Crippen LogP contribution in [0.2, 0.25) is 0 Å². The molecule has 0 bridgehead atoms. The first kappa shape index (κ1) is 12.6. The van der Waals surface area contributed by atoms with Crippen LogP contribution in [0.3, 0.4) is 0 Å². The Balaban J connectivity index is 2.39. The van der Waals surface area contributed by atoms with Crippen LogP contribution >= 0.6 is 15.9 Å². The highest BCUT2D eigenvalue weighted by Crippen LogP contribution is 2.25. The Morgan fingerprint density at radius 1 is 1.18 bits per heavy atom.